The highest BCUT2D eigenvalue weighted by molar-refractivity contribution is 5.84. The summed E-state index contributed by atoms with van der Waals surface area (Å²) in [6, 6.07) is 16.0. The smallest absolute Gasteiger partial charge is 0.134 e. The number of piperazine rings is 1. The van der Waals surface area contributed by atoms with Crippen LogP contribution in [-0.4, -0.2) is 36.2 Å². The van der Waals surface area contributed by atoms with Gasteiger partial charge in [0, 0.05) is 50.1 Å². The number of fused-ring (bicyclic) bond motifs is 1. The van der Waals surface area contributed by atoms with Crippen molar-refractivity contribution in [1.29, 1.82) is 0 Å². The molecule has 1 aromatic heterocycles. The van der Waals surface area contributed by atoms with Gasteiger partial charge in [-0.3, -0.25) is 4.90 Å². The molecule has 1 saturated heterocycles. The molecule has 0 spiro atoms. The maximum Gasteiger partial charge on any atom is 0.134 e. The second-order valence-electron chi connectivity index (χ2n) is 6.38. The quantitative estimate of drug-likeness (QED) is 0.775. The van der Waals surface area contributed by atoms with Crippen molar-refractivity contribution < 1.29 is 9.52 Å². The molecule has 0 atom stereocenters. The molecule has 24 heavy (non-hydrogen) atoms. The number of aromatic hydroxyl groups is 1. The number of hydrogen-bond acceptors (Lipinski definition) is 4. The molecule has 4 nitrogen and oxygen atoms in total. The SMILES string of the molecule is Oc1ccc2oc(Cc3ccccc3)cc2c1CN1CCNCC1. The number of phenolic OH excluding ortho intramolecular Hbond substituents is 1. The third kappa shape index (κ3) is 3.16. The molecule has 0 amide bonds. The molecular weight excluding hydrogens is 300 g/mol. The average Bonchev–Trinajstić information content (AvgIpc) is 3.02. The third-order valence-electron chi connectivity index (χ3n) is 4.65. The number of nitrogens with one attached hydrogen (secondary N) is 1. The van der Waals surface area contributed by atoms with Gasteiger partial charge in [0.1, 0.15) is 17.1 Å². The van der Waals surface area contributed by atoms with Gasteiger partial charge >= 0.3 is 0 Å². The summed E-state index contributed by atoms with van der Waals surface area (Å²) in [5, 5.41) is 14.7. The predicted molar refractivity (Wildman–Crippen MR) is 95.3 cm³/mol. The zero-order chi connectivity index (χ0) is 16.4. The van der Waals surface area contributed by atoms with Crippen LogP contribution in [0.15, 0.2) is 52.9 Å². The number of nitrogens with zero attached hydrogens (tertiary/aromatic N) is 1. The van der Waals surface area contributed by atoms with E-state index in [0.29, 0.717) is 5.75 Å². The zero-order valence-electron chi connectivity index (χ0n) is 13.7. The second-order valence-corrected chi connectivity index (χ2v) is 6.38. The van der Waals surface area contributed by atoms with Crippen LogP contribution in [0.4, 0.5) is 0 Å². The van der Waals surface area contributed by atoms with Crippen molar-refractivity contribution in [1.82, 2.24) is 10.2 Å². The highest BCUT2D eigenvalue weighted by Crippen LogP contribution is 2.31. The summed E-state index contributed by atoms with van der Waals surface area (Å²) in [4.78, 5) is 2.37. The van der Waals surface area contributed by atoms with Crippen LogP contribution in [0.5, 0.6) is 5.75 Å². The van der Waals surface area contributed by atoms with Crippen LogP contribution in [-0.2, 0) is 13.0 Å². The highest BCUT2D eigenvalue weighted by atomic mass is 16.3. The lowest BCUT2D eigenvalue weighted by atomic mass is 10.1. The lowest BCUT2D eigenvalue weighted by Crippen LogP contribution is -2.42. The molecule has 0 bridgehead atoms. The second kappa shape index (κ2) is 6.67. The van der Waals surface area contributed by atoms with E-state index in [9.17, 15) is 5.11 Å². The summed E-state index contributed by atoms with van der Waals surface area (Å²) in [5.74, 6) is 1.29. The molecule has 124 valence electrons. The molecule has 3 aromatic rings. The number of furan rings is 1. The van der Waals surface area contributed by atoms with Crippen molar-refractivity contribution in [3.8, 4) is 5.75 Å². The Bertz CT molecular complexity index is 820. The van der Waals surface area contributed by atoms with Crippen molar-refractivity contribution in [3.63, 3.8) is 0 Å². The van der Waals surface area contributed by atoms with Gasteiger partial charge in [0.05, 0.1) is 0 Å². The molecule has 0 saturated carbocycles. The monoisotopic (exact) mass is 322 g/mol. The minimum absolute atomic E-state index is 0.355. The van der Waals surface area contributed by atoms with Gasteiger partial charge in [-0.05, 0) is 23.8 Å². The van der Waals surface area contributed by atoms with Gasteiger partial charge in [-0.25, -0.2) is 0 Å². The molecule has 4 rings (SSSR count). The van der Waals surface area contributed by atoms with Gasteiger partial charge in [0.2, 0.25) is 0 Å². The van der Waals surface area contributed by atoms with E-state index in [0.717, 1.165) is 61.4 Å². The van der Waals surface area contributed by atoms with E-state index in [4.69, 9.17) is 4.42 Å². The van der Waals surface area contributed by atoms with Crippen LogP contribution in [0.3, 0.4) is 0 Å². The maximum absolute atomic E-state index is 10.4. The molecule has 1 fully saturated rings. The lowest BCUT2D eigenvalue weighted by molar-refractivity contribution is 0.231. The Hall–Kier alpha value is -2.30. The van der Waals surface area contributed by atoms with E-state index in [-0.39, 0.29) is 0 Å². The van der Waals surface area contributed by atoms with E-state index in [1.807, 2.05) is 24.3 Å². The Morgan fingerprint density at radius 1 is 1.04 bits per heavy atom. The summed E-state index contributed by atoms with van der Waals surface area (Å²) in [6.07, 6.45) is 0.767. The van der Waals surface area contributed by atoms with Crippen LogP contribution in [0.25, 0.3) is 11.0 Å². The van der Waals surface area contributed by atoms with E-state index in [1.165, 1.54) is 5.56 Å². The highest BCUT2D eigenvalue weighted by Gasteiger charge is 2.17. The van der Waals surface area contributed by atoms with Crippen LogP contribution >= 0.6 is 0 Å². The minimum atomic E-state index is 0.355. The standard InChI is InChI=1S/C20H22N2O2/c23-19-6-7-20-17(18(19)14-22-10-8-21-9-11-22)13-16(24-20)12-15-4-2-1-3-5-15/h1-7,13,21,23H,8-12,14H2. The van der Waals surface area contributed by atoms with E-state index in [2.05, 4.69) is 28.4 Å². The molecule has 1 aliphatic heterocycles. The van der Waals surface area contributed by atoms with Crippen LogP contribution < -0.4 is 5.32 Å². The molecular formula is C20H22N2O2. The lowest BCUT2D eigenvalue weighted by Gasteiger charge is -2.27. The topological polar surface area (TPSA) is 48.6 Å². The molecule has 0 aliphatic carbocycles. The summed E-state index contributed by atoms with van der Waals surface area (Å²) < 4.78 is 6.01. The van der Waals surface area contributed by atoms with Crippen molar-refractivity contribution >= 4 is 11.0 Å². The van der Waals surface area contributed by atoms with Gasteiger partial charge in [-0.2, -0.15) is 0 Å². The molecule has 1 aliphatic rings. The van der Waals surface area contributed by atoms with E-state index < -0.39 is 0 Å². The molecule has 2 aromatic carbocycles. The van der Waals surface area contributed by atoms with Crippen LogP contribution in [0.2, 0.25) is 0 Å². The molecule has 2 N–H and O–H groups in total. The fourth-order valence-electron chi connectivity index (χ4n) is 3.35. The van der Waals surface area contributed by atoms with E-state index in [1.54, 1.807) is 6.07 Å². The van der Waals surface area contributed by atoms with Gasteiger partial charge in [0.15, 0.2) is 0 Å². The predicted octanol–water partition coefficient (Wildman–Crippen LogP) is 3.13. The number of phenols is 1. The third-order valence-corrected chi connectivity index (χ3v) is 4.65. The Morgan fingerprint density at radius 3 is 2.62 bits per heavy atom. The first-order valence-corrected chi connectivity index (χ1v) is 8.50. The van der Waals surface area contributed by atoms with Gasteiger partial charge in [0.25, 0.3) is 0 Å². The fourth-order valence-corrected chi connectivity index (χ4v) is 3.35. The normalized spacial score (nSPS) is 15.8. The summed E-state index contributed by atoms with van der Waals surface area (Å²) in [5.41, 5.74) is 3.05. The van der Waals surface area contributed by atoms with Crippen molar-refractivity contribution in [2.24, 2.45) is 0 Å². The Labute approximate surface area is 141 Å². The summed E-state index contributed by atoms with van der Waals surface area (Å²) >= 11 is 0. The Balaban J connectivity index is 1.64. The van der Waals surface area contributed by atoms with Crippen molar-refractivity contribution in [3.05, 3.63) is 65.4 Å². The number of hydrogen-bond donors (Lipinski definition) is 2. The largest absolute Gasteiger partial charge is 0.508 e. The molecule has 0 radical (unpaired) electrons. The van der Waals surface area contributed by atoms with Crippen molar-refractivity contribution in [2.45, 2.75) is 13.0 Å². The minimum Gasteiger partial charge on any atom is -0.508 e. The van der Waals surface area contributed by atoms with Gasteiger partial charge < -0.3 is 14.8 Å². The summed E-state index contributed by atoms with van der Waals surface area (Å²) in [6.45, 7) is 4.77. The summed E-state index contributed by atoms with van der Waals surface area (Å²) in [7, 11) is 0. The van der Waals surface area contributed by atoms with Gasteiger partial charge in [-0.15, -0.1) is 0 Å². The fraction of sp³-hybridized carbons (Fsp3) is 0.300. The molecule has 4 heteroatoms. The first-order valence-electron chi connectivity index (χ1n) is 8.50. The maximum atomic E-state index is 10.4. The van der Waals surface area contributed by atoms with E-state index >= 15 is 0 Å². The van der Waals surface area contributed by atoms with Crippen LogP contribution in [0.1, 0.15) is 16.9 Å². The average molecular weight is 322 g/mol. The molecule has 2 heterocycles. The number of rotatable bonds is 4. The Morgan fingerprint density at radius 2 is 1.83 bits per heavy atom. The number of benzene rings is 2. The Kier molecular flexibility index (Phi) is 4.24. The molecule has 0 unspecified atom stereocenters. The van der Waals surface area contributed by atoms with Crippen LogP contribution in [0, 0.1) is 0 Å². The first-order chi connectivity index (χ1) is 11.8. The first kappa shape index (κ1) is 15.2. The zero-order valence-corrected chi connectivity index (χ0v) is 13.7. The van der Waals surface area contributed by atoms with Gasteiger partial charge in [-0.1, -0.05) is 30.3 Å². The van der Waals surface area contributed by atoms with Crippen molar-refractivity contribution in [2.75, 3.05) is 26.2 Å².